The average molecular weight is 271 g/mol. The molecule has 0 atom stereocenters. The Morgan fingerprint density at radius 1 is 1.59 bits per heavy atom. The average Bonchev–Trinajstić information content (AvgIpc) is 2.29. The van der Waals surface area contributed by atoms with E-state index in [9.17, 15) is 4.79 Å². The number of rotatable bonds is 5. The number of thioether (sulfide) groups is 1. The molecule has 0 unspecified atom stereocenters. The maximum Gasteiger partial charge on any atom is 0.234 e. The van der Waals surface area contributed by atoms with Crippen molar-refractivity contribution >= 4 is 35.0 Å². The smallest absolute Gasteiger partial charge is 0.234 e. The van der Waals surface area contributed by atoms with E-state index in [1.54, 1.807) is 12.1 Å². The molecule has 90 valence electrons. The van der Waals surface area contributed by atoms with Crippen LogP contribution in [0.15, 0.2) is 18.2 Å². The first-order valence-corrected chi connectivity index (χ1v) is 6.38. The number of nitrogens with zero attached hydrogens (tertiary/aromatic N) is 1. The SMILES string of the molecule is N#Cc1ccc(NC(=O)CSCCO)cc1Cl. The zero-order valence-corrected chi connectivity index (χ0v) is 10.5. The van der Waals surface area contributed by atoms with Crippen molar-refractivity contribution in [1.82, 2.24) is 0 Å². The monoisotopic (exact) mass is 270 g/mol. The largest absolute Gasteiger partial charge is 0.396 e. The van der Waals surface area contributed by atoms with Gasteiger partial charge in [0.2, 0.25) is 5.91 Å². The van der Waals surface area contributed by atoms with Gasteiger partial charge in [-0.25, -0.2) is 0 Å². The van der Waals surface area contributed by atoms with E-state index in [1.807, 2.05) is 6.07 Å². The predicted molar refractivity (Wildman–Crippen MR) is 69.2 cm³/mol. The minimum Gasteiger partial charge on any atom is -0.396 e. The summed E-state index contributed by atoms with van der Waals surface area (Å²) in [4.78, 5) is 11.4. The number of anilines is 1. The van der Waals surface area contributed by atoms with E-state index in [2.05, 4.69) is 5.32 Å². The molecule has 1 aromatic rings. The summed E-state index contributed by atoms with van der Waals surface area (Å²) in [6, 6.07) is 6.66. The third kappa shape index (κ3) is 4.65. The van der Waals surface area contributed by atoms with Crippen LogP contribution >= 0.6 is 23.4 Å². The molecule has 0 heterocycles. The number of hydrogen-bond donors (Lipinski definition) is 2. The van der Waals surface area contributed by atoms with Crippen LogP contribution in [0.5, 0.6) is 0 Å². The lowest BCUT2D eigenvalue weighted by molar-refractivity contribution is -0.113. The highest BCUT2D eigenvalue weighted by atomic mass is 35.5. The Bertz CT molecular complexity index is 446. The van der Waals surface area contributed by atoms with Crippen molar-refractivity contribution in [3.05, 3.63) is 28.8 Å². The molecule has 0 radical (unpaired) electrons. The minimum absolute atomic E-state index is 0.0562. The number of halogens is 1. The van der Waals surface area contributed by atoms with Crippen molar-refractivity contribution < 1.29 is 9.90 Å². The van der Waals surface area contributed by atoms with Crippen LogP contribution in [0, 0.1) is 11.3 Å². The molecule has 1 aromatic carbocycles. The fraction of sp³-hybridized carbons (Fsp3) is 0.273. The van der Waals surface area contributed by atoms with E-state index in [0.29, 0.717) is 22.0 Å². The van der Waals surface area contributed by atoms with Gasteiger partial charge in [-0.2, -0.15) is 5.26 Å². The summed E-state index contributed by atoms with van der Waals surface area (Å²) in [7, 11) is 0. The molecular weight excluding hydrogens is 260 g/mol. The molecule has 0 saturated heterocycles. The Hall–Kier alpha value is -1.22. The summed E-state index contributed by atoms with van der Waals surface area (Å²) >= 11 is 7.17. The number of carbonyl (C=O) groups is 1. The molecule has 0 bridgehead atoms. The highest BCUT2D eigenvalue weighted by Gasteiger charge is 2.05. The maximum atomic E-state index is 11.4. The van der Waals surface area contributed by atoms with Gasteiger partial charge in [0.15, 0.2) is 0 Å². The van der Waals surface area contributed by atoms with Crippen LogP contribution in [0.25, 0.3) is 0 Å². The van der Waals surface area contributed by atoms with E-state index in [-0.39, 0.29) is 18.3 Å². The number of nitriles is 1. The molecule has 0 aliphatic rings. The Balaban J connectivity index is 2.55. The fourth-order valence-electron chi connectivity index (χ4n) is 1.11. The molecule has 0 spiro atoms. The molecule has 6 heteroatoms. The number of aliphatic hydroxyl groups excluding tert-OH is 1. The normalized spacial score (nSPS) is 9.71. The van der Waals surface area contributed by atoms with Crippen molar-refractivity contribution in [2.45, 2.75) is 0 Å². The second-order valence-electron chi connectivity index (χ2n) is 3.13. The van der Waals surface area contributed by atoms with E-state index >= 15 is 0 Å². The highest BCUT2D eigenvalue weighted by Crippen LogP contribution is 2.20. The minimum atomic E-state index is -0.163. The van der Waals surface area contributed by atoms with Gasteiger partial charge >= 0.3 is 0 Å². The van der Waals surface area contributed by atoms with Crippen LogP contribution in [0.2, 0.25) is 5.02 Å². The molecule has 0 aromatic heterocycles. The van der Waals surface area contributed by atoms with Gasteiger partial charge in [-0.1, -0.05) is 11.6 Å². The van der Waals surface area contributed by atoms with Crippen molar-refractivity contribution in [3.63, 3.8) is 0 Å². The number of nitrogens with one attached hydrogen (secondary N) is 1. The molecule has 0 fully saturated rings. The van der Waals surface area contributed by atoms with Crippen molar-refractivity contribution in [2.24, 2.45) is 0 Å². The summed E-state index contributed by atoms with van der Waals surface area (Å²) in [5.74, 6) is 0.643. The number of aliphatic hydroxyl groups is 1. The zero-order valence-electron chi connectivity index (χ0n) is 8.94. The number of hydrogen-bond acceptors (Lipinski definition) is 4. The van der Waals surface area contributed by atoms with Crippen LogP contribution in [-0.2, 0) is 4.79 Å². The highest BCUT2D eigenvalue weighted by molar-refractivity contribution is 7.99. The quantitative estimate of drug-likeness (QED) is 0.801. The van der Waals surface area contributed by atoms with Crippen LogP contribution in [0.4, 0.5) is 5.69 Å². The summed E-state index contributed by atoms with van der Waals surface area (Å²) in [5, 5.41) is 20.2. The first-order valence-electron chi connectivity index (χ1n) is 4.85. The standard InChI is InChI=1S/C11H11ClN2O2S/c12-10-5-9(2-1-8(10)6-13)14-11(16)7-17-4-3-15/h1-2,5,15H,3-4,7H2,(H,14,16). The molecule has 2 N–H and O–H groups in total. The molecule has 0 aliphatic heterocycles. The van der Waals surface area contributed by atoms with Gasteiger partial charge in [0.25, 0.3) is 0 Å². The Labute approximate surface area is 109 Å². The Morgan fingerprint density at radius 2 is 2.35 bits per heavy atom. The van der Waals surface area contributed by atoms with E-state index in [1.165, 1.54) is 17.8 Å². The first kappa shape index (κ1) is 13.8. The van der Waals surface area contributed by atoms with Crippen molar-refractivity contribution in [3.8, 4) is 6.07 Å². The van der Waals surface area contributed by atoms with Crippen LogP contribution in [0.3, 0.4) is 0 Å². The van der Waals surface area contributed by atoms with E-state index < -0.39 is 0 Å². The topological polar surface area (TPSA) is 73.1 Å². The van der Waals surface area contributed by atoms with E-state index in [4.69, 9.17) is 22.0 Å². The molecular formula is C11H11ClN2O2S. The summed E-state index contributed by atoms with van der Waals surface area (Å²) in [5.41, 5.74) is 0.933. The van der Waals surface area contributed by atoms with Gasteiger partial charge in [0.1, 0.15) is 6.07 Å². The van der Waals surface area contributed by atoms with Gasteiger partial charge in [0.05, 0.1) is 22.9 Å². The summed E-state index contributed by atoms with van der Waals surface area (Å²) in [6.07, 6.45) is 0. The lowest BCUT2D eigenvalue weighted by Gasteiger charge is -2.05. The summed E-state index contributed by atoms with van der Waals surface area (Å²) < 4.78 is 0. The number of amides is 1. The fourth-order valence-corrected chi connectivity index (χ4v) is 1.86. The lowest BCUT2D eigenvalue weighted by atomic mass is 10.2. The first-order chi connectivity index (χ1) is 8.17. The molecule has 4 nitrogen and oxygen atoms in total. The van der Waals surface area contributed by atoms with Gasteiger partial charge < -0.3 is 10.4 Å². The molecule has 17 heavy (non-hydrogen) atoms. The maximum absolute atomic E-state index is 11.4. The molecule has 1 amide bonds. The second-order valence-corrected chi connectivity index (χ2v) is 4.64. The zero-order chi connectivity index (χ0) is 12.7. The molecule has 0 aliphatic carbocycles. The van der Waals surface area contributed by atoms with Crippen LogP contribution in [-0.4, -0.2) is 29.1 Å². The van der Waals surface area contributed by atoms with Crippen LogP contribution < -0.4 is 5.32 Å². The third-order valence-electron chi connectivity index (χ3n) is 1.84. The van der Waals surface area contributed by atoms with Gasteiger partial charge in [-0.3, -0.25) is 4.79 Å². The third-order valence-corrected chi connectivity index (χ3v) is 3.09. The predicted octanol–water partition coefficient (Wildman–Crippen LogP) is 1.88. The molecule has 1 rings (SSSR count). The Kier molecular flexibility index (Phi) is 5.84. The number of carbonyl (C=O) groups excluding carboxylic acids is 1. The van der Waals surface area contributed by atoms with Gasteiger partial charge in [-0.05, 0) is 18.2 Å². The van der Waals surface area contributed by atoms with Crippen LogP contribution in [0.1, 0.15) is 5.56 Å². The van der Waals surface area contributed by atoms with Crippen molar-refractivity contribution in [1.29, 1.82) is 5.26 Å². The van der Waals surface area contributed by atoms with E-state index in [0.717, 1.165) is 0 Å². The van der Waals surface area contributed by atoms with Crippen molar-refractivity contribution in [2.75, 3.05) is 23.4 Å². The Morgan fingerprint density at radius 3 is 2.94 bits per heavy atom. The lowest BCUT2D eigenvalue weighted by Crippen LogP contribution is -2.14. The number of benzene rings is 1. The van der Waals surface area contributed by atoms with Gasteiger partial charge in [-0.15, -0.1) is 11.8 Å². The second kappa shape index (κ2) is 7.17. The summed E-state index contributed by atoms with van der Waals surface area (Å²) in [6.45, 7) is 0.0562. The molecule has 0 saturated carbocycles. The van der Waals surface area contributed by atoms with Gasteiger partial charge in [0, 0.05) is 11.4 Å².